The maximum Gasteiger partial charge on any atom is 0.155 e. The molecule has 0 aromatic heterocycles. The third kappa shape index (κ3) is 4.99. The summed E-state index contributed by atoms with van der Waals surface area (Å²) in [5.74, 6) is 0. The molecule has 0 heterocycles. The van der Waals surface area contributed by atoms with Crippen molar-refractivity contribution >= 4 is 23.6 Å². The molecule has 0 aliphatic heterocycles. The maximum absolute atomic E-state index is 2.29. The Morgan fingerprint density at radius 2 is 0.667 bits per heavy atom. The topological polar surface area (TPSA) is 0 Å². The van der Waals surface area contributed by atoms with Gasteiger partial charge in [0.1, 0.15) is 0 Å². The number of hydrogen-bond donors (Lipinski definition) is 0. The first-order valence-electron chi connectivity index (χ1n) is 9.98. The van der Waals surface area contributed by atoms with Gasteiger partial charge in [-0.1, -0.05) is 91.0 Å². The summed E-state index contributed by atoms with van der Waals surface area (Å²) in [6.07, 6.45) is 18.9. The minimum absolute atomic E-state index is 0. The Morgan fingerprint density at radius 3 is 0.967 bits per heavy atom. The van der Waals surface area contributed by atoms with Crippen LogP contribution in [0.3, 0.4) is 0 Å². The molecule has 0 atom stereocenters. The quantitative estimate of drug-likeness (QED) is 0.420. The van der Waals surface area contributed by atoms with Crippen LogP contribution in [-0.2, 0) is 17.1 Å². The Morgan fingerprint density at radius 1 is 0.367 bits per heavy atom. The van der Waals surface area contributed by atoms with Crippen LogP contribution in [0.15, 0.2) is 91.0 Å². The van der Waals surface area contributed by atoms with Crippen LogP contribution in [0, 0.1) is 63.3 Å². The van der Waals surface area contributed by atoms with Crippen LogP contribution in [0.4, 0.5) is 0 Å². The number of rotatable bonds is 4. The molecule has 2 heteroatoms. The van der Waals surface area contributed by atoms with Crippen molar-refractivity contribution in [1.29, 1.82) is 0 Å². The van der Waals surface area contributed by atoms with Crippen LogP contribution in [0.1, 0.15) is 0 Å². The van der Waals surface area contributed by atoms with Crippen molar-refractivity contribution < 1.29 is 17.1 Å². The fourth-order valence-corrected chi connectivity index (χ4v) is 8.78. The molecule has 2 saturated carbocycles. The summed E-state index contributed by atoms with van der Waals surface area (Å²) in [6, 6.07) is 33.0. The largest absolute Gasteiger partial charge is 0.155 e. The second-order valence-electron chi connectivity index (χ2n) is 6.98. The van der Waals surface area contributed by atoms with Crippen molar-refractivity contribution in [2.24, 2.45) is 0 Å². The summed E-state index contributed by atoms with van der Waals surface area (Å²) < 4.78 is 0. The van der Waals surface area contributed by atoms with Crippen LogP contribution < -0.4 is 15.6 Å². The smallest absolute Gasteiger partial charge is 0.0624 e. The van der Waals surface area contributed by atoms with Gasteiger partial charge in [-0.2, -0.15) is 0 Å². The third-order valence-electron chi connectivity index (χ3n) is 5.27. The summed E-state index contributed by atoms with van der Waals surface area (Å²) >= 11 is 0. The average Bonchev–Trinajstić information content (AvgIpc) is 3.54. The van der Waals surface area contributed by atoms with Crippen molar-refractivity contribution in [2.45, 2.75) is 0 Å². The first-order valence-corrected chi connectivity index (χ1v) is 12.0. The van der Waals surface area contributed by atoms with Gasteiger partial charge in [0.05, 0.1) is 0 Å². The molecule has 2 fully saturated rings. The molecular formula is C28H24FeSi. The van der Waals surface area contributed by atoms with Gasteiger partial charge in [0.15, 0.2) is 8.07 Å². The fraction of sp³-hybridized carbons (Fsp3) is 0. The first kappa shape index (κ1) is 23.1. The van der Waals surface area contributed by atoms with Crippen molar-refractivity contribution in [3.63, 3.8) is 0 Å². The molecule has 10 radical (unpaired) electrons. The Balaban J connectivity index is 0.000000376. The van der Waals surface area contributed by atoms with E-state index < -0.39 is 8.07 Å². The van der Waals surface area contributed by atoms with Gasteiger partial charge in [0, 0.05) is 17.1 Å². The maximum atomic E-state index is 2.29. The second-order valence-corrected chi connectivity index (χ2v) is 10.8. The zero-order valence-corrected chi connectivity index (χ0v) is 18.8. The van der Waals surface area contributed by atoms with E-state index in [4.69, 9.17) is 0 Å². The average molecular weight is 444 g/mol. The predicted molar refractivity (Wildman–Crippen MR) is 126 cm³/mol. The van der Waals surface area contributed by atoms with Crippen molar-refractivity contribution in [3.05, 3.63) is 154 Å². The molecule has 2 aliphatic carbocycles. The molecule has 0 saturated heterocycles. The predicted octanol–water partition coefficient (Wildman–Crippen LogP) is 4.12. The molecule has 3 aromatic rings. The molecule has 0 nitrogen and oxygen atoms in total. The van der Waals surface area contributed by atoms with E-state index in [2.05, 4.69) is 117 Å². The van der Waals surface area contributed by atoms with Crippen molar-refractivity contribution in [1.82, 2.24) is 0 Å². The normalized spacial score (nSPS) is 16.4. The van der Waals surface area contributed by atoms with Gasteiger partial charge in [-0.25, -0.2) is 0 Å². The molecular weight excluding hydrogens is 420 g/mol. The van der Waals surface area contributed by atoms with Gasteiger partial charge in [-0.05, 0) is 78.9 Å². The monoisotopic (exact) mass is 444 g/mol. The van der Waals surface area contributed by atoms with E-state index in [1.165, 1.54) is 21.1 Å². The molecule has 0 spiro atoms. The Bertz CT molecular complexity index is 733. The summed E-state index contributed by atoms with van der Waals surface area (Å²) in [5, 5.41) is 4.27. The Hall–Kier alpha value is -1.60. The van der Waals surface area contributed by atoms with E-state index in [-0.39, 0.29) is 17.1 Å². The molecule has 30 heavy (non-hydrogen) atoms. The third-order valence-corrected chi connectivity index (χ3v) is 10.1. The molecule has 148 valence electrons. The minimum Gasteiger partial charge on any atom is -0.0624 e. The fourth-order valence-electron chi connectivity index (χ4n) is 4.01. The zero-order chi connectivity index (χ0) is 19.8. The van der Waals surface area contributed by atoms with E-state index in [1.54, 1.807) is 0 Å². The van der Waals surface area contributed by atoms with Crippen LogP contribution in [-0.4, -0.2) is 8.07 Å². The van der Waals surface area contributed by atoms with E-state index in [9.17, 15) is 0 Å². The first-order chi connectivity index (χ1) is 14.4. The van der Waals surface area contributed by atoms with Crippen LogP contribution in [0.5, 0.6) is 0 Å². The van der Waals surface area contributed by atoms with Gasteiger partial charge in [0.25, 0.3) is 0 Å². The second kappa shape index (κ2) is 11.7. The zero-order valence-electron chi connectivity index (χ0n) is 16.7. The summed E-state index contributed by atoms with van der Waals surface area (Å²) in [7, 11) is -2.25. The SMILES string of the molecule is [CH]1[CH][CH][CH][CH]1.[CH]1[CH][CH][C]([Si](c2ccccc2)(c2ccccc2)c2ccccc2)[CH]1.[Fe]. The molecule has 0 unspecified atom stereocenters. The van der Waals surface area contributed by atoms with Crippen LogP contribution >= 0.6 is 0 Å². The van der Waals surface area contributed by atoms with E-state index in [0.717, 1.165) is 0 Å². The molecule has 3 aromatic carbocycles. The van der Waals surface area contributed by atoms with E-state index >= 15 is 0 Å². The molecule has 5 rings (SSSR count). The van der Waals surface area contributed by atoms with Crippen molar-refractivity contribution in [2.75, 3.05) is 0 Å². The number of hydrogen-bond acceptors (Lipinski definition) is 0. The van der Waals surface area contributed by atoms with E-state index in [1.807, 2.05) is 32.1 Å². The Kier molecular flexibility index (Phi) is 8.99. The minimum atomic E-state index is -2.25. The van der Waals surface area contributed by atoms with E-state index in [0.29, 0.717) is 0 Å². The summed E-state index contributed by atoms with van der Waals surface area (Å²) in [4.78, 5) is 0. The number of benzene rings is 3. The van der Waals surface area contributed by atoms with Gasteiger partial charge >= 0.3 is 0 Å². The van der Waals surface area contributed by atoms with Gasteiger partial charge in [0.2, 0.25) is 0 Å². The molecule has 2 aliphatic rings. The molecule has 0 bridgehead atoms. The van der Waals surface area contributed by atoms with Crippen LogP contribution in [0.25, 0.3) is 0 Å². The van der Waals surface area contributed by atoms with Crippen molar-refractivity contribution in [3.8, 4) is 0 Å². The van der Waals surface area contributed by atoms with Gasteiger partial charge < -0.3 is 0 Å². The Labute approximate surface area is 194 Å². The summed E-state index contributed by atoms with van der Waals surface area (Å²) in [6.45, 7) is 0. The van der Waals surface area contributed by atoms with Gasteiger partial charge in [-0.3, -0.25) is 0 Å². The molecule has 0 amide bonds. The molecule has 0 N–H and O–H groups in total. The standard InChI is InChI=1S/C23H19Si.C5H5.Fe/c1-4-12-20(13-5-1)24(23-18-10-11-19-23,21-14-6-2-7-15-21)22-16-8-3-9-17-22;1-2-4-5-3-1;/h1-19H;1-5H;. The van der Waals surface area contributed by atoms with Gasteiger partial charge in [-0.15, -0.1) is 0 Å². The summed E-state index contributed by atoms with van der Waals surface area (Å²) in [5.41, 5.74) is 1.44. The van der Waals surface area contributed by atoms with Crippen LogP contribution in [0.2, 0.25) is 0 Å².